The Kier molecular flexibility index (Phi) is 21.3. The average Bonchev–Trinajstić information content (AvgIpc) is 2.55. The van der Waals surface area contributed by atoms with Crippen molar-refractivity contribution in [1.82, 2.24) is 0 Å². The van der Waals surface area contributed by atoms with Crippen molar-refractivity contribution in [2.45, 2.75) is 77.6 Å². The van der Waals surface area contributed by atoms with Gasteiger partial charge in [-0.15, -0.1) is 0 Å². The van der Waals surface area contributed by atoms with E-state index < -0.39 is 5.97 Å². The van der Waals surface area contributed by atoms with Crippen LogP contribution in [0.3, 0.4) is 0 Å². The van der Waals surface area contributed by atoms with Gasteiger partial charge in [-0.2, -0.15) is 0 Å². The van der Waals surface area contributed by atoms with Crippen molar-refractivity contribution in [3.63, 3.8) is 0 Å². The second kappa shape index (κ2) is 19.9. The fraction of sp³-hybridized carbons (Fsp3) is 0.833. The first kappa shape index (κ1) is 26.8. The molecule has 0 spiro atoms. The van der Waals surface area contributed by atoms with Crippen LogP contribution in [-0.2, 0) is 23.9 Å². The van der Waals surface area contributed by atoms with Gasteiger partial charge in [-0.1, -0.05) is 58.3 Å². The number of unbranched alkanes of at least 4 members (excludes halogenated alkanes) is 8. The molecule has 0 fully saturated rings. The molecule has 7 heteroatoms. The summed E-state index contributed by atoms with van der Waals surface area (Å²) in [6.07, 6.45) is 10.6. The Hall–Kier alpha value is -0.430. The van der Waals surface area contributed by atoms with E-state index in [0.717, 1.165) is 19.3 Å². The summed E-state index contributed by atoms with van der Waals surface area (Å²) in [5, 5.41) is 10.1. The molecule has 0 aliphatic rings. The number of Topliss-reactive ketones (excluding diaryl/α,β-unsaturated/α-hetero) is 1. The van der Waals surface area contributed by atoms with Crippen LogP contribution < -0.4 is 34.7 Å². The van der Waals surface area contributed by atoms with Crippen LogP contribution in [0, 0.1) is 0 Å². The molecule has 6 nitrogen and oxygen atoms in total. The summed E-state index contributed by atoms with van der Waals surface area (Å²) in [6.45, 7) is 1.55. The molecule has 0 aromatic heterocycles. The smallest absolute Gasteiger partial charge is 0.550 e. The number of hydrogen-bond acceptors (Lipinski definition) is 6. The zero-order chi connectivity index (χ0) is 18.0. The zero-order valence-corrected chi connectivity index (χ0v) is 17.8. The van der Waals surface area contributed by atoms with E-state index in [1.54, 1.807) is 0 Å². The number of carbonyl (C=O) groups excluding carboxylic acids is 3. The number of esters is 1. The molecule has 0 aliphatic heterocycles. The van der Waals surface area contributed by atoms with E-state index in [0.29, 0.717) is 6.42 Å². The van der Waals surface area contributed by atoms with Gasteiger partial charge in [0.1, 0.15) is 6.61 Å². The molecule has 0 heterocycles. The molecular formula is C18H31NaO6. The molecule has 0 bridgehead atoms. The number of hydrogen-bond donors (Lipinski definition) is 0. The Balaban J connectivity index is 0. The average molecular weight is 366 g/mol. The molecule has 0 amide bonds. The maximum absolute atomic E-state index is 11.5. The minimum Gasteiger partial charge on any atom is -0.550 e. The van der Waals surface area contributed by atoms with E-state index in [9.17, 15) is 19.5 Å². The van der Waals surface area contributed by atoms with Gasteiger partial charge in [0, 0.05) is 18.8 Å². The van der Waals surface area contributed by atoms with Crippen LogP contribution >= 0.6 is 0 Å². The van der Waals surface area contributed by atoms with Crippen LogP contribution in [0.2, 0.25) is 0 Å². The number of ketones is 1. The van der Waals surface area contributed by atoms with Gasteiger partial charge in [0.15, 0.2) is 12.4 Å². The Labute approximate surface area is 173 Å². The monoisotopic (exact) mass is 366 g/mol. The molecule has 0 N–H and O–H groups in total. The van der Waals surface area contributed by atoms with E-state index in [-0.39, 0.29) is 67.6 Å². The molecule has 0 aromatic rings. The van der Waals surface area contributed by atoms with Crippen LogP contribution in [0.15, 0.2) is 0 Å². The Bertz CT molecular complexity index is 359. The minimum atomic E-state index is -1.23. The quantitative estimate of drug-likeness (QED) is 0.190. The Morgan fingerprint density at radius 3 is 1.92 bits per heavy atom. The van der Waals surface area contributed by atoms with E-state index in [1.165, 1.54) is 38.5 Å². The van der Waals surface area contributed by atoms with Crippen LogP contribution in [0.4, 0.5) is 0 Å². The first-order chi connectivity index (χ1) is 11.6. The molecule has 0 atom stereocenters. The molecule has 0 aromatic carbocycles. The fourth-order valence-corrected chi connectivity index (χ4v) is 2.20. The Morgan fingerprint density at radius 1 is 0.800 bits per heavy atom. The van der Waals surface area contributed by atoms with Gasteiger partial charge >= 0.3 is 35.5 Å². The maximum Gasteiger partial charge on any atom is 1.00 e. The summed E-state index contributed by atoms with van der Waals surface area (Å²) in [5.41, 5.74) is 0. The molecule has 140 valence electrons. The molecule has 0 rings (SSSR count). The molecule has 25 heavy (non-hydrogen) atoms. The first-order valence-electron chi connectivity index (χ1n) is 9.01. The number of carboxylic acid groups (broad SMARTS) is 1. The number of aliphatic carboxylic acids is 1. The topological polar surface area (TPSA) is 92.7 Å². The first-order valence-corrected chi connectivity index (χ1v) is 9.01. The summed E-state index contributed by atoms with van der Waals surface area (Å²) in [7, 11) is 0. The number of carboxylic acids is 1. The van der Waals surface area contributed by atoms with Crippen molar-refractivity contribution in [2.24, 2.45) is 0 Å². The van der Waals surface area contributed by atoms with Gasteiger partial charge in [-0.3, -0.25) is 9.59 Å². The molecule has 0 radical (unpaired) electrons. The van der Waals surface area contributed by atoms with E-state index in [4.69, 9.17) is 9.47 Å². The van der Waals surface area contributed by atoms with Crippen molar-refractivity contribution in [1.29, 1.82) is 0 Å². The van der Waals surface area contributed by atoms with Gasteiger partial charge in [0.25, 0.3) is 0 Å². The molecule has 0 aliphatic carbocycles. The predicted octanol–water partition coefficient (Wildman–Crippen LogP) is -0.820. The summed E-state index contributed by atoms with van der Waals surface area (Å²) in [4.78, 5) is 33.0. The summed E-state index contributed by atoms with van der Waals surface area (Å²) in [5.74, 6) is -1.98. The predicted molar refractivity (Wildman–Crippen MR) is 88.3 cm³/mol. The second-order valence-corrected chi connectivity index (χ2v) is 5.95. The minimum absolute atomic E-state index is 0. The molecule has 0 unspecified atom stereocenters. The van der Waals surface area contributed by atoms with Crippen LogP contribution in [0.5, 0.6) is 0 Å². The maximum atomic E-state index is 11.5. The zero-order valence-electron chi connectivity index (χ0n) is 15.8. The van der Waals surface area contributed by atoms with Crippen molar-refractivity contribution in [2.75, 3.05) is 19.8 Å². The van der Waals surface area contributed by atoms with Gasteiger partial charge in [0.05, 0.1) is 6.61 Å². The van der Waals surface area contributed by atoms with Crippen molar-refractivity contribution in [3.8, 4) is 0 Å². The van der Waals surface area contributed by atoms with Gasteiger partial charge in [-0.05, 0) is 6.42 Å². The standard InChI is InChI=1S/C18H32O6.Na/c1-2-3-4-5-6-7-8-9-10-11-18(22)24-15-16(19)14-23-13-12-17(20)21;/h2-15H2,1H3,(H,20,21);/q;+1/p-1. The molecular weight excluding hydrogens is 335 g/mol. The third-order valence-electron chi connectivity index (χ3n) is 3.59. The van der Waals surface area contributed by atoms with E-state index in [2.05, 4.69) is 6.92 Å². The number of ether oxygens (including phenoxy) is 2. The van der Waals surface area contributed by atoms with Crippen LogP contribution in [0.25, 0.3) is 0 Å². The summed E-state index contributed by atoms with van der Waals surface area (Å²) in [6, 6.07) is 0. The van der Waals surface area contributed by atoms with E-state index in [1.807, 2.05) is 0 Å². The van der Waals surface area contributed by atoms with E-state index >= 15 is 0 Å². The Morgan fingerprint density at radius 2 is 1.36 bits per heavy atom. The van der Waals surface area contributed by atoms with Gasteiger partial charge in [0.2, 0.25) is 0 Å². The van der Waals surface area contributed by atoms with Crippen molar-refractivity contribution >= 4 is 17.7 Å². The number of carbonyl (C=O) groups is 3. The van der Waals surface area contributed by atoms with Crippen molar-refractivity contribution in [3.05, 3.63) is 0 Å². The fourth-order valence-electron chi connectivity index (χ4n) is 2.20. The second-order valence-electron chi connectivity index (χ2n) is 5.95. The van der Waals surface area contributed by atoms with Crippen LogP contribution in [0.1, 0.15) is 77.6 Å². The van der Waals surface area contributed by atoms with Gasteiger partial charge < -0.3 is 19.4 Å². The SMILES string of the molecule is CCCCCCCCCCCC(=O)OCC(=O)COCCC(=O)[O-].[Na+]. The molecule has 0 saturated heterocycles. The number of rotatable bonds is 17. The third kappa shape index (κ3) is 21.5. The largest absolute Gasteiger partial charge is 1.00 e. The van der Waals surface area contributed by atoms with Crippen LogP contribution in [-0.4, -0.2) is 37.5 Å². The van der Waals surface area contributed by atoms with Gasteiger partial charge in [-0.25, -0.2) is 0 Å². The third-order valence-corrected chi connectivity index (χ3v) is 3.59. The van der Waals surface area contributed by atoms with Crippen molar-refractivity contribution < 1.29 is 58.5 Å². The molecule has 0 saturated carbocycles. The summed E-state index contributed by atoms with van der Waals surface area (Å²) < 4.78 is 9.69. The normalized spacial score (nSPS) is 10.1. The summed E-state index contributed by atoms with van der Waals surface area (Å²) >= 11 is 0.